The summed E-state index contributed by atoms with van der Waals surface area (Å²) in [6, 6.07) is 0.374. The SMILES string of the molecule is O=C(NCCc1nccs1)NC1CC1. The smallest absolute Gasteiger partial charge is 0.315 e. The summed E-state index contributed by atoms with van der Waals surface area (Å²) < 4.78 is 0. The monoisotopic (exact) mass is 211 g/mol. The third-order valence-electron chi connectivity index (χ3n) is 2.02. The number of thiazole rings is 1. The highest BCUT2D eigenvalue weighted by Crippen LogP contribution is 2.18. The number of carbonyl (C=O) groups is 1. The average molecular weight is 211 g/mol. The molecule has 0 bridgehead atoms. The lowest BCUT2D eigenvalue weighted by atomic mass is 10.4. The molecular weight excluding hydrogens is 198 g/mol. The molecule has 1 aliphatic rings. The van der Waals surface area contributed by atoms with Gasteiger partial charge in [0.1, 0.15) is 0 Å². The summed E-state index contributed by atoms with van der Waals surface area (Å²) >= 11 is 1.62. The molecule has 2 rings (SSSR count). The van der Waals surface area contributed by atoms with E-state index in [0.717, 1.165) is 24.3 Å². The van der Waals surface area contributed by atoms with E-state index in [1.807, 2.05) is 5.38 Å². The maximum atomic E-state index is 11.2. The van der Waals surface area contributed by atoms with Crippen molar-refractivity contribution in [2.24, 2.45) is 0 Å². The second kappa shape index (κ2) is 4.41. The molecule has 0 saturated heterocycles. The number of nitrogens with one attached hydrogen (secondary N) is 2. The highest BCUT2D eigenvalue weighted by molar-refractivity contribution is 7.09. The molecule has 14 heavy (non-hydrogen) atoms. The molecule has 1 aliphatic carbocycles. The van der Waals surface area contributed by atoms with Gasteiger partial charge in [-0.2, -0.15) is 0 Å². The first-order valence-corrected chi connectivity index (χ1v) is 5.65. The van der Waals surface area contributed by atoms with Gasteiger partial charge in [0.05, 0.1) is 5.01 Å². The van der Waals surface area contributed by atoms with Crippen molar-refractivity contribution in [3.05, 3.63) is 16.6 Å². The summed E-state index contributed by atoms with van der Waals surface area (Å²) in [5.41, 5.74) is 0. The molecule has 1 aromatic rings. The molecule has 2 N–H and O–H groups in total. The normalized spacial score (nSPS) is 15.1. The van der Waals surface area contributed by atoms with E-state index in [-0.39, 0.29) is 6.03 Å². The van der Waals surface area contributed by atoms with Gasteiger partial charge in [0, 0.05) is 30.6 Å². The van der Waals surface area contributed by atoms with Gasteiger partial charge in [-0.05, 0) is 12.8 Å². The van der Waals surface area contributed by atoms with E-state index in [9.17, 15) is 4.79 Å². The molecule has 0 unspecified atom stereocenters. The van der Waals surface area contributed by atoms with Gasteiger partial charge in [-0.25, -0.2) is 9.78 Å². The Morgan fingerprint density at radius 3 is 3.14 bits per heavy atom. The first-order chi connectivity index (χ1) is 6.84. The van der Waals surface area contributed by atoms with Crippen molar-refractivity contribution >= 4 is 17.4 Å². The minimum Gasteiger partial charge on any atom is -0.338 e. The van der Waals surface area contributed by atoms with Crippen molar-refractivity contribution in [2.45, 2.75) is 25.3 Å². The maximum absolute atomic E-state index is 11.2. The average Bonchev–Trinajstić information content (AvgIpc) is 2.82. The fraction of sp³-hybridized carbons (Fsp3) is 0.556. The minimum atomic E-state index is -0.0518. The number of nitrogens with zero attached hydrogens (tertiary/aromatic N) is 1. The quantitative estimate of drug-likeness (QED) is 0.785. The van der Waals surface area contributed by atoms with Crippen molar-refractivity contribution in [1.29, 1.82) is 0 Å². The molecule has 0 radical (unpaired) electrons. The fourth-order valence-electron chi connectivity index (χ4n) is 1.12. The standard InChI is InChI=1S/C9H13N3OS/c13-9(12-7-1-2-7)11-4-3-8-10-5-6-14-8/h5-7H,1-4H2,(H2,11,12,13). The van der Waals surface area contributed by atoms with Crippen LogP contribution in [-0.4, -0.2) is 23.6 Å². The minimum absolute atomic E-state index is 0.0518. The van der Waals surface area contributed by atoms with Crippen LogP contribution in [0.4, 0.5) is 4.79 Å². The highest BCUT2D eigenvalue weighted by Gasteiger charge is 2.22. The van der Waals surface area contributed by atoms with Crippen molar-refractivity contribution < 1.29 is 4.79 Å². The lowest BCUT2D eigenvalue weighted by molar-refractivity contribution is 0.240. The molecule has 0 atom stereocenters. The predicted molar refractivity (Wildman–Crippen MR) is 55.4 cm³/mol. The van der Waals surface area contributed by atoms with Crippen molar-refractivity contribution in [3.8, 4) is 0 Å². The molecule has 2 amide bonds. The summed E-state index contributed by atoms with van der Waals surface area (Å²) in [5.74, 6) is 0. The fourth-order valence-corrected chi connectivity index (χ4v) is 1.74. The van der Waals surface area contributed by atoms with Crippen molar-refractivity contribution in [1.82, 2.24) is 15.6 Å². The summed E-state index contributed by atoms with van der Waals surface area (Å²) in [5, 5.41) is 8.69. The van der Waals surface area contributed by atoms with Crippen LogP contribution < -0.4 is 10.6 Å². The molecular formula is C9H13N3OS. The van der Waals surface area contributed by atoms with E-state index in [0.29, 0.717) is 12.6 Å². The van der Waals surface area contributed by atoms with E-state index < -0.39 is 0 Å². The van der Waals surface area contributed by atoms with Crippen LogP contribution in [0.5, 0.6) is 0 Å². The molecule has 0 aromatic carbocycles. The second-order valence-corrected chi connectivity index (χ2v) is 4.33. The molecule has 1 fully saturated rings. The molecule has 1 saturated carbocycles. The van der Waals surface area contributed by atoms with Crippen LogP contribution in [0.15, 0.2) is 11.6 Å². The van der Waals surface area contributed by atoms with E-state index in [2.05, 4.69) is 15.6 Å². The first kappa shape index (κ1) is 9.45. The number of urea groups is 1. The van der Waals surface area contributed by atoms with E-state index >= 15 is 0 Å². The summed E-state index contributed by atoms with van der Waals surface area (Å²) in [4.78, 5) is 15.3. The zero-order valence-corrected chi connectivity index (χ0v) is 8.64. The van der Waals surface area contributed by atoms with Gasteiger partial charge in [-0.15, -0.1) is 11.3 Å². The number of rotatable bonds is 4. The van der Waals surface area contributed by atoms with Gasteiger partial charge >= 0.3 is 6.03 Å². The summed E-state index contributed by atoms with van der Waals surface area (Å²) in [6.45, 7) is 0.659. The van der Waals surface area contributed by atoms with Gasteiger partial charge in [-0.3, -0.25) is 0 Å². The molecule has 76 valence electrons. The molecule has 0 aliphatic heterocycles. The maximum Gasteiger partial charge on any atom is 0.315 e. The number of carbonyl (C=O) groups excluding carboxylic acids is 1. The lowest BCUT2D eigenvalue weighted by Gasteiger charge is -2.04. The van der Waals surface area contributed by atoms with E-state index in [1.54, 1.807) is 17.5 Å². The number of hydrogen-bond acceptors (Lipinski definition) is 3. The van der Waals surface area contributed by atoms with Crippen molar-refractivity contribution in [2.75, 3.05) is 6.54 Å². The Morgan fingerprint density at radius 1 is 1.64 bits per heavy atom. The third-order valence-corrected chi connectivity index (χ3v) is 2.86. The Labute approximate surface area is 86.7 Å². The van der Waals surface area contributed by atoms with Crippen LogP contribution in [0, 0.1) is 0 Å². The number of aromatic nitrogens is 1. The van der Waals surface area contributed by atoms with Crippen LogP contribution in [0.2, 0.25) is 0 Å². The van der Waals surface area contributed by atoms with Crippen LogP contribution in [0.3, 0.4) is 0 Å². The Balaban J connectivity index is 1.60. The summed E-state index contributed by atoms with van der Waals surface area (Å²) in [6.07, 6.45) is 4.85. The molecule has 1 heterocycles. The predicted octanol–water partition coefficient (Wildman–Crippen LogP) is 1.15. The molecule has 0 spiro atoms. The third kappa shape index (κ3) is 2.99. The first-order valence-electron chi connectivity index (χ1n) is 4.77. The largest absolute Gasteiger partial charge is 0.338 e. The zero-order valence-electron chi connectivity index (χ0n) is 7.82. The van der Waals surface area contributed by atoms with Crippen LogP contribution >= 0.6 is 11.3 Å². The van der Waals surface area contributed by atoms with Gasteiger partial charge in [0.25, 0.3) is 0 Å². The Bertz CT molecular complexity index is 295. The topological polar surface area (TPSA) is 54.0 Å². The van der Waals surface area contributed by atoms with Crippen LogP contribution in [0.1, 0.15) is 17.8 Å². The van der Waals surface area contributed by atoms with Crippen LogP contribution in [0.25, 0.3) is 0 Å². The zero-order chi connectivity index (χ0) is 9.80. The van der Waals surface area contributed by atoms with E-state index in [1.165, 1.54) is 0 Å². The van der Waals surface area contributed by atoms with Gasteiger partial charge in [-0.1, -0.05) is 0 Å². The van der Waals surface area contributed by atoms with Gasteiger partial charge in [0.2, 0.25) is 0 Å². The highest BCUT2D eigenvalue weighted by atomic mass is 32.1. The van der Waals surface area contributed by atoms with Crippen molar-refractivity contribution in [3.63, 3.8) is 0 Å². The Hall–Kier alpha value is -1.10. The number of amides is 2. The van der Waals surface area contributed by atoms with Gasteiger partial charge < -0.3 is 10.6 Å². The number of hydrogen-bond donors (Lipinski definition) is 2. The summed E-state index contributed by atoms with van der Waals surface area (Å²) in [7, 11) is 0. The van der Waals surface area contributed by atoms with Gasteiger partial charge in [0.15, 0.2) is 0 Å². The molecule has 5 heteroatoms. The Morgan fingerprint density at radius 2 is 2.50 bits per heavy atom. The molecule has 1 aromatic heterocycles. The molecule has 4 nitrogen and oxygen atoms in total. The van der Waals surface area contributed by atoms with Crippen LogP contribution in [-0.2, 0) is 6.42 Å². The lowest BCUT2D eigenvalue weighted by Crippen LogP contribution is -2.37. The van der Waals surface area contributed by atoms with E-state index in [4.69, 9.17) is 0 Å². The Kier molecular flexibility index (Phi) is 2.98. The second-order valence-electron chi connectivity index (χ2n) is 3.35.